The van der Waals surface area contributed by atoms with Gasteiger partial charge in [0, 0.05) is 5.92 Å². The second-order valence-electron chi connectivity index (χ2n) is 3.12. The van der Waals surface area contributed by atoms with E-state index in [4.69, 9.17) is 0 Å². The fourth-order valence-electron chi connectivity index (χ4n) is 1.72. The van der Waals surface area contributed by atoms with Gasteiger partial charge in [-0.2, -0.15) is 0 Å². The van der Waals surface area contributed by atoms with Gasteiger partial charge in [0.05, 0.1) is 0 Å². The Hall–Kier alpha value is -0.930. The number of tetrazole rings is 1. The molecule has 11 heavy (non-hydrogen) atoms. The molecule has 0 amide bonds. The van der Waals surface area contributed by atoms with Crippen molar-refractivity contribution in [2.24, 2.45) is 0 Å². The van der Waals surface area contributed by atoms with Crippen LogP contribution in [0.3, 0.4) is 0 Å². The molecule has 1 aromatic rings. The minimum absolute atomic E-state index is 0.596. The van der Waals surface area contributed by atoms with Crippen molar-refractivity contribution in [1.29, 1.82) is 0 Å². The first-order valence-electron chi connectivity index (χ1n) is 4.20. The van der Waals surface area contributed by atoms with E-state index < -0.39 is 0 Å². The summed E-state index contributed by atoms with van der Waals surface area (Å²) in [4.78, 5) is 0. The molecule has 0 unspecified atom stereocenters. The molecule has 0 radical (unpaired) electrons. The third kappa shape index (κ3) is 1.39. The third-order valence-electron chi connectivity index (χ3n) is 2.35. The van der Waals surface area contributed by atoms with E-state index in [0.29, 0.717) is 5.92 Å². The van der Waals surface area contributed by atoms with Crippen molar-refractivity contribution in [1.82, 2.24) is 20.6 Å². The standard InChI is InChI=1S/C7H12N4/c1-2-4-6(5-3-1)7-8-10-11-9-7/h6H,1-5H2,(H,8,9,10,11). The van der Waals surface area contributed by atoms with E-state index in [1.807, 2.05) is 0 Å². The van der Waals surface area contributed by atoms with E-state index >= 15 is 0 Å². The summed E-state index contributed by atoms with van der Waals surface area (Å²) in [5, 5.41) is 13.9. The monoisotopic (exact) mass is 152 g/mol. The van der Waals surface area contributed by atoms with Crippen LogP contribution in [0.1, 0.15) is 43.8 Å². The molecule has 60 valence electrons. The van der Waals surface area contributed by atoms with Gasteiger partial charge in [-0.1, -0.05) is 19.3 Å². The summed E-state index contributed by atoms with van der Waals surface area (Å²) < 4.78 is 0. The van der Waals surface area contributed by atoms with E-state index in [1.54, 1.807) is 0 Å². The lowest BCUT2D eigenvalue weighted by Gasteiger charge is -2.17. The number of hydrogen-bond donors (Lipinski definition) is 1. The fourth-order valence-corrected chi connectivity index (χ4v) is 1.72. The molecule has 0 spiro atoms. The Bertz CT molecular complexity index is 200. The highest BCUT2D eigenvalue weighted by molar-refractivity contribution is 4.91. The Morgan fingerprint density at radius 3 is 2.64 bits per heavy atom. The third-order valence-corrected chi connectivity index (χ3v) is 2.35. The average molecular weight is 152 g/mol. The van der Waals surface area contributed by atoms with Crippen LogP contribution < -0.4 is 0 Å². The molecular weight excluding hydrogens is 140 g/mol. The molecule has 0 saturated heterocycles. The maximum Gasteiger partial charge on any atom is 0.151 e. The van der Waals surface area contributed by atoms with Gasteiger partial charge in [-0.15, -0.1) is 5.10 Å². The average Bonchev–Trinajstić information content (AvgIpc) is 2.58. The molecule has 1 N–H and O–H groups in total. The van der Waals surface area contributed by atoms with E-state index in [1.165, 1.54) is 32.1 Å². The van der Waals surface area contributed by atoms with Gasteiger partial charge in [0.1, 0.15) is 0 Å². The lowest BCUT2D eigenvalue weighted by Crippen LogP contribution is -2.06. The van der Waals surface area contributed by atoms with Gasteiger partial charge in [-0.3, -0.25) is 0 Å². The number of rotatable bonds is 1. The molecule has 4 nitrogen and oxygen atoms in total. The van der Waals surface area contributed by atoms with Gasteiger partial charge in [0.25, 0.3) is 0 Å². The van der Waals surface area contributed by atoms with Gasteiger partial charge in [0.2, 0.25) is 0 Å². The number of nitrogens with zero attached hydrogens (tertiary/aromatic N) is 3. The maximum absolute atomic E-state index is 3.92. The number of aromatic amines is 1. The smallest absolute Gasteiger partial charge is 0.151 e. The van der Waals surface area contributed by atoms with Crippen LogP contribution in [-0.4, -0.2) is 20.6 Å². The summed E-state index contributed by atoms with van der Waals surface area (Å²) in [6, 6.07) is 0. The SMILES string of the molecule is C1CCC(c2nnn[nH]2)CC1. The van der Waals surface area contributed by atoms with Crippen LogP contribution in [0.25, 0.3) is 0 Å². The molecule has 1 aliphatic carbocycles. The van der Waals surface area contributed by atoms with Crippen LogP contribution in [-0.2, 0) is 0 Å². The molecule has 1 saturated carbocycles. The van der Waals surface area contributed by atoms with Crippen LogP contribution in [0.15, 0.2) is 0 Å². The minimum atomic E-state index is 0.596. The van der Waals surface area contributed by atoms with Crippen molar-refractivity contribution in [3.63, 3.8) is 0 Å². The maximum atomic E-state index is 3.92. The normalized spacial score (nSPS) is 20.4. The van der Waals surface area contributed by atoms with Gasteiger partial charge in [0.15, 0.2) is 5.82 Å². The molecular formula is C7H12N4. The molecule has 0 bridgehead atoms. The van der Waals surface area contributed by atoms with Crippen molar-refractivity contribution in [3.8, 4) is 0 Å². The second kappa shape index (κ2) is 2.98. The van der Waals surface area contributed by atoms with Gasteiger partial charge in [-0.25, -0.2) is 5.10 Å². The Morgan fingerprint density at radius 2 is 2.00 bits per heavy atom. The van der Waals surface area contributed by atoms with Crippen LogP contribution in [0, 0.1) is 0 Å². The highest BCUT2D eigenvalue weighted by Gasteiger charge is 2.17. The summed E-state index contributed by atoms with van der Waals surface area (Å²) >= 11 is 0. The summed E-state index contributed by atoms with van der Waals surface area (Å²) in [5.41, 5.74) is 0. The first kappa shape index (κ1) is 6.76. The number of aromatic nitrogens is 4. The van der Waals surface area contributed by atoms with Gasteiger partial charge >= 0.3 is 0 Å². The largest absolute Gasteiger partial charge is 0.243 e. The van der Waals surface area contributed by atoms with Crippen molar-refractivity contribution < 1.29 is 0 Å². The summed E-state index contributed by atoms with van der Waals surface area (Å²) in [6.45, 7) is 0. The van der Waals surface area contributed by atoms with Crippen LogP contribution in [0.2, 0.25) is 0 Å². The zero-order chi connectivity index (χ0) is 7.52. The highest BCUT2D eigenvalue weighted by atomic mass is 15.5. The van der Waals surface area contributed by atoms with Crippen molar-refractivity contribution in [2.75, 3.05) is 0 Å². The van der Waals surface area contributed by atoms with Crippen LogP contribution in [0.5, 0.6) is 0 Å². The summed E-state index contributed by atoms with van der Waals surface area (Å²) in [7, 11) is 0. The predicted octanol–water partition coefficient (Wildman–Crippen LogP) is 1.25. The minimum Gasteiger partial charge on any atom is -0.243 e. The Labute approximate surface area is 65.4 Å². The van der Waals surface area contributed by atoms with E-state index in [-0.39, 0.29) is 0 Å². The Balaban J connectivity index is 2.04. The molecule has 4 heteroatoms. The summed E-state index contributed by atoms with van der Waals surface area (Å²) in [5.74, 6) is 1.57. The Morgan fingerprint density at radius 1 is 1.18 bits per heavy atom. The van der Waals surface area contributed by atoms with Crippen molar-refractivity contribution in [3.05, 3.63) is 5.82 Å². The molecule has 0 aliphatic heterocycles. The quantitative estimate of drug-likeness (QED) is 0.658. The first-order valence-corrected chi connectivity index (χ1v) is 4.20. The first-order chi connectivity index (χ1) is 5.47. The molecule has 1 heterocycles. The zero-order valence-corrected chi connectivity index (χ0v) is 6.45. The van der Waals surface area contributed by atoms with Gasteiger partial charge < -0.3 is 0 Å². The van der Waals surface area contributed by atoms with E-state index in [2.05, 4.69) is 20.6 Å². The van der Waals surface area contributed by atoms with Crippen molar-refractivity contribution in [2.45, 2.75) is 38.0 Å². The topological polar surface area (TPSA) is 54.5 Å². The second-order valence-corrected chi connectivity index (χ2v) is 3.12. The lowest BCUT2D eigenvalue weighted by molar-refractivity contribution is 0.429. The fraction of sp³-hybridized carbons (Fsp3) is 0.857. The lowest BCUT2D eigenvalue weighted by atomic mass is 9.89. The van der Waals surface area contributed by atoms with E-state index in [0.717, 1.165) is 5.82 Å². The van der Waals surface area contributed by atoms with Crippen LogP contribution in [0.4, 0.5) is 0 Å². The molecule has 0 atom stereocenters. The van der Waals surface area contributed by atoms with Crippen LogP contribution >= 0.6 is 0 Å². The highest BCUT2D eigenvalue weighted by Crippen LogP contribution is 2.29. The zero-order valence-electron chi connectivity index (χ0n) is 6.45. The number of nitrogens with one attached hydrogen (secondary N) is 1. The Kier molecular flexibility index (Phi) is 1.83. The molecule has 1 aliphatic rings. The van der Waals surface area contributed by atoms with E-state index in [9.17, 15) is 0 Å². The molecule has 1 fully saturated rings. The molecule has 1 aromatic heterocycles. The summed E-state index contributed by atoms with van der Waals surface area (Å²) in [6.07, 6.45) is 6.52. The number of hydrogen-bond acceptors (Lipinski definition) is 3. The predicted molar refractivity (Wildman–Crippen MR) is 40.0 cm³/mol. The molecule has 0 aromatic carbocycles. The van der Waals surface area contributed by atoms with Gasteiger partial charge in [-0.05, 0) is 23.3 Å². The van der Waals surface area contributed by atoms with Crippen molar-refractivity contribution >= 4 is 0 Å². The number of H-pyrrole nitrogens is 1. The molecule has 2 rings (SSSR count).